The average Bonchev–Trinajstić information content (AvgIpc) is 1.99. The third kappa shape index (κ3) is 3.98. The lowest BCUT2D eigenvalue weighted by molar-refractivity contribution is -0.143. The number of nitrogens with one attached hydrogen (secondary N) is 1. The molecule has 0 aromatic carbocycles. The van der Waals surface area contributed by atoms with Crippen molar-refractivity contribution < 1.29 is 14.7 Å². The number of carbonyl (C=O) groups is 2. The molecule has 0 spiro atoms. The van der Waals surface area contributed by atoms with Crippen LogP contribution < -0.4 is 5.32 Å². The number of carboxylic acids is 1. The summed E-state index contributed by atoms with van der Waals surface area (Å²) in [7, 11) is 0. The average molecular weight is 203 g/mol. The summed E-state index contributed by atoms with van der Waals surface area (Å²) in [5, 5.41) is 11.1. The van der Waals surface area contributed by atoms with Gasteiger partial charge in [0.25, 0.3) is 0 Å². The number of aliphatic carboxylic acids is 1. The van der Waals surface area contributed by atoms with Crippen LogP contribution in [0.2, 0.25) is 0 Å². The van der Waals surface area contributed by atoms with Gasteiger partial charge in [-0.15, -0.1) is 19.2 Å². The zero-order valence-corrected chi connectivity index (χ0v) is 8.30. The van der Waals surface area contributed by atoms with Crippen LogP contribution in [0.25, 0.3) is 0 Å². The lowest BCUT2D eigenvalue weighted by atomic mass is 10.1. The fourth-order valence-corrected chi connectivity index (χ4v) is 1.11. The Balaban J connectivity index is 4.42. The minimum Gasteiger partial charge on any atom is -0.479 e. The highest BCUT2D eigenvalue weighted by Crippen LogP contribution is 2.18. The van der Waals surface area contributed by atoms with Gasteiger partial charge in [-0.05, 0) is 12.8 Å². The molecule has 0 rings (SSSR count). The van der Waals surface area contributed by atoms with Crippen LogP contribution in [-0.4, -0.2) is 21.9 Å². The monoisotopic (exact) mass is 203 g/mol. The van der Waals surface area contributed by atoms with E-state index in [1.54, 1.807) is 6.08 Å². The zero-order chi connectivity index (χ0) is 10.5. The SMILES string of the molecule is C=CCCC(S)(NC(C)=O)C(=O)O. The van der Waals surface area contributed by atoms with Crippen molar-refractivity contribution in [3.05, 3.63) is 12.7 Å². The van der Waals surface area contributed by atoms with Crippen molar-refractivity contribution in [2.75, 3.05) is 0 Å². The maximum absolute atomic E-state index is 10.7. The van der Waals surface area contributed by atoms with Gasteiger partial charge in [-0.25, -0.2) is 4.79 Å². The second-order valence-corrected chi connectivity index (χ2v) is 3.44. The molecule has 0 aliphatic rings. The first kappa shape index (κ1) is 12.0. The molecule has 1 unspecified atom stereocenters. The highest BCUT2D eigenvalue weighted by Gasteiger charge is 2.34. The fourth-order valence-electron chi connectivity index (χ4n) is 0.825. The van der Waals surface area contributed by atoms with E-state index < -0.39 is 16.7 Å². The van der Waals surface area contributed by atoms with Crippen molar-refractivity contribution in [2.45, 2.75) is 24.6 Å². The van der Waals surface area contributed by atoms with Gasteiger partial charge in [0.2, 0.25) is 5.91 Å². The molecule has 0 aliphatic carbocycles. The smallest absolute Gasteiger partial charge is 0.339 e. The Morgan fingerprint density at radius 2 is 2.23 bits per heavy atom. The number of hydrogen-bond acceptors (Lipinski definition) is 3. The molecule has 0 radical (unpaired) electrons. The standard InChI is InChI=1S/C8H13NO3S/c1-3-4-5-8(13,7(11)12)9-6(2)10/h3,13H,1,4-5H2,2H3,(H,9,10)(H,11,12). The van der Waals surface area contributed by atoms with E-state index in [-0.39, 0.29) is 6.42 Å². The molecule has 0 saturated carbocycles. The summed E-state index contributed by atoms with van der Waals surface area (Å²) in [5.74, 6) is -1.57. The van der Waals surface area contributed by atoms with E-state index >= 15 is 0 Å². The molecule has 2 N–H and O–H groups in total. The highest BCUT2D eigenvalue weighted by molar-refractivity contribution is 7.82. The third-order valence-electron chi connectivity index (χ3n) is 1.45. The molecule has 0 fully saturated rings. The van der Waals surface area contributed by atoms with Gasteiger partial charge in [-0.1, -0.05) is 6.08 Å². The van der Waals surface area contributed by atoms with Crippen molar-refractivity contribution in [2.24, 2.45) is 0 Å². The predicted molar refractivity (Wildman–Crippen MR) is 52.6 cm³/mol. The van der Waals surface area contributed by atoms with Gasteiger partial charge in [0.05, 0.1) is 0 Å². The van der Waals surface area contributed by atoms with E-state index in [2.05, 4.69) is 24.5 Å². The van der Waals surface area contributed by atoms with Gasteiger partial charge in [-0.2, -0.15) is 0 Å². The number of carboxylic acid groups (broad SMARTS) is 1. The Morgan fingerprint density at radius 3 is 2.54 bits per heavy atom. The molecular formula is C8H13NO3S. The molecule has 0 aromatic rings. The van der Waals surface area contributed by atoms with Crippen molar-refractivity contribution in [1.82, 2.24) is 5.32 Å². The van der Waals surface area contributed by atoms with Crippen LogP contribution in [0.5, 0.6) is 0 Å². The van der Waals surface area contributed by atoms with E-state index in [0.29, 0.717) is 6.42 Å². The van der Waals surface area contributed by atoms with Gasteiger partial charge in [0, 0.05) is 6.92 Å². The Hall–Kier alpha value is -0.970. The van der Waals surface area contributed by atoms with Gasteiger partial charge >= 0.3 is 5.97 Å². The van der Waals surface area contributed by atoms with Crippen LogP contribution >= 0.6 is 12.6 Å². The van der Waals surface area contributed by atoms with E-state index in [0.717, 1.165) is 0 Å². The number of allylic oxidation sites excluding steroid dienone is 1. The van der Waals surface area contributed by atoms with Crippen LogP contribution in [0, 0.1) is 0 Å². The Labute approximate surface area is 82.4 Å². The first-order chi connectivity index (χ1) is 5.92. The summed E-state index contributed by atoms with van der Waals surface area (Å²) in [6, 6.07) is 0. The lowest BCUT2D eigenvalue weighted by Gasteiger charge is -2.23. The topological polar surface area (TPSA) is 66.4 Å². The number of thiol groups is 1. The summed E-state index contributed by atoms with van der Waals surface area (Å²) in [4.78, 5) is 19.9. The largest absolute Gasteiger partial charge is 0.479 e. The molecule has 0 aliphatic heterocycles. The van der Waals surface area contributed by atoms with Crippen molar-refractivity contribution in [1.29, 1.82) is 0 Å². The van der Waals surface area contributed by atoms with Gasteiger partial charge in [0.1, 0.15) is 0 Å². The van der Waals surface area contributed by atoms with Crippen LogP contribution in [0.1, 0.15) is 19.8 Å². The second kappa shape index (κ2) is 4.91. The van der Waals surface area contributed by atoms with Gasteiger partial charge < -0.3 is 10.4 Å². The summed E-state index contributed by atoms with van der Waals surface area (Å²) in [6.45, 7) is 4.71. The normalized spacial score (nSPS) is 14.3. The Morgan fingerprint density at radius 1 is 1.69 bits per heavy atom. The molecule has 13 heavy (non-hydrogen) atoms. The van der Waals surface area contributed by atoms with Crippen molar-refractivity contribution >= 4 is 24.5 Å². The Bertz CT molecular complexity index is 229. The number of amides is 1. The van der Waals surface area contributed by atoms with Crippen molar-refractivity contribution in [3.8, 4) is 0 Å². The number of rotatable bonds is 5. The van der Waals surface area contributed by atoms with E-state index in [1.165, 1.54) is 6.92 Å². The summed E-state index contributed by atoms with van der Waals surface area (Å²) in [6.07, 6.45) is 2.28. The molecule has 0 saturated heterocycles. The second-order valence-electron chi connectivity index (χ2n) is 2.67. The molecule has 0 heterocycles. The predicted octanol–water partition coefficient (Wildman–Crippen LogP) is 0.799. The number of hydrogen-bond donors (Lipinski definition) is 3. The maximum Gasteiger partial charge on any atom is 0.339 e. The molecule has 5 heteroatoms. The first-order valence-corrected chi connectivity index (χ1v) is 4.22. The van der Waals surface area contributed by atoms with Gasteiger partial charge in [0.15, 0.2) is 4.87 Å². The number of carbonyl (C=O) groups excluding carboxylic acids is 1. The van der Waals surface area contributed by atoms with Crippen LogP contribution in [0.15, 0.2) is 12.7 Å². The van der Waals surface area contributed by atoms with Crippen LogP contribution in [0.3, 0.4) is 0 Å². The van der Waals surface area contributed by atoms with E-state index in [4.69, 9.17) is 5.11 Å². The molecule has 4 nitrogen and oxygen atoms in total. The third-order valence-corrected chi connectivity index (χ3v) is 1.97. The van der Waals surface area contributed by atoms with Crippen molar-refractivity contribution in [3.63, 3.8) is 0 Å². The highest BCUT2D eigenvalue weighted by atomic mass is 32.1. The Kier molecular flexibility index (Phi) is 4.55. The minimum absolute atomic E-state index is 0.217. The quantitative estimate of drug-likeness (QED) is 0.352. The van der Waals surface area contributed by atoms with E-state index in [9.17, 15) is 9.59 Å². The fraction of sp³-hybridized carbons (Fsp3) is 0.500. The maximum atomic E-state index is 10.7. The van der Waals surface area contributed by atoms with Crippen LogP contribution in [-0.2, 0) is 9.59 Å². The lowest BCUT2D eigenvalue weighted by Crippen LogP contribution is -2.49. The molecule has 1 atom stereocenters. The molecule has 0 bridgehead atoms. The summed E-state index contributed by atoms with van der Waals surface area (Å²) < 4.78 is 0. The molecular weight excluding hydrogens is 190 g/mol. The molecule has 0 aromatic heterocycles. The first-order valence-electron chi connectivity index (χ1n) is 3.78. The molecule has 1 amide bonds. The minimum atomic E-state index is -1.49. The van der Waals surface area contributed by atoms with Gasteiger partial charge in [-0.3, -0.25) is 4.79 Å². The molecule has 74 valence electrons. The summed E-state index contributed by atoms with van der Waals surface area (Å²) >= 11 is 3.91. The summed E-state index contributed by atoms with van der Waals surface area (Å²) in [5.41, 5.74) is 0. The zero-order valence-electron chi connectivity index (χ0n) is 7.41. The van der Waals surface area contributed by atoms with E-state index in [1.807, 2.05) is 0 Å². The van der Waals surface area contributed by atoms with Crippen LogP contribution in [0.4, 0.5) is 0 Å².